The fraction of sp³-hybridized carbons (Fsp3) is 0.350. The van der Waals surface area contributed by atoms with Gasteiger partial charge in [-0.05, 0) is 63.5 Å². The van der Waals surface area contributed by atoms with E-state index in [4.69, 9.17) is 9.84 Å². The molecule has 0 aliphatic rings. The SMILES string of the molecule is C/C=C\C(=C/CCC/C(C)=C/N(NC)c1cccc(C(=O)O)c1)OC. The first-order chi connectivity index (χ1) is 12.0. The lowest BCUT2D eigenvalue weighted by atomic mass is 10.1. The van der Waals surface area contributed by atoms with Gasteiger partial charge in [-0.2, -0.15) is 0 Å². The van der Waals surface area contributed by atoms with Gasteiger partial charge in [0.15, 0.2) is 0 Å². The maximum absolute atomic E-state index is 11.1. The van der Waals surface area contributed by atoms with E-state index >= 15 is 0 Å². The van der Waals surface area contributed by atoms with Crippen LogP contribution >= 0.6 is 0 Å². The van der Waals surface area contributed by atoms with E-state index in [1.165, 1.54) is 5.57 Å². The van der Waals surface area contributed by atoms with Crippen molar-refractivity contribution in [3.05, 3.63) is 65.6 Å². The van der Waals surface area contributed by atoms with Crippen LogP contribution in [0.4, 0.5) is 5.69 Å². The topological polar surface area (TPSA) is 61.8 Å². The van der Waals surface area contributed by atoms with Crippen LogP contribution in [0.1, 0.15) is 43.5 Å². The molecule has 0 atom stereocenters. The Morgan fingerprint density at radius 3 is 2.76 bits per heavy atom. The summed E-state index contributed by atoms with van der Waals surface area (Å²) in [4.78, 5) is 11.1. The molecule has 1 aromatic rings. The highest BCUT2D eigenvalue weighted by atomic mass is 16.5. The summed E-state index contributed by atoms with van der Waals surface area (Å²) in [6, 6.07) is 6.84. The van der Waals surface area contributed by atoms with Crippen LogP contribution in [0.2, 0.25) is 0 Å². The molecule has 136 valence electrons. The average molecular weight is 344 g/mol. The van der Waals surface area contributed by atoms with E-state index < -0.39 is 5.97 Å². The third-order valence-electron chi connectivity index (χ3n) is 3.65. The van der Waals surface area contributed by atoms with Crippen molar-refractivity contribution in [3.8, 4) is 0 Å². The Morgan fingerprint density at radius 1 is 1.40 bits per heavy atom. The summed E-state index contributed by atoms with van der Waals surface area (Å²) in [7, 11) is 3.48. The minimum absolute atomic E-state index is 0.269. The molecule has 1 rings (SSSR count). The minimum atomic E-state index is -0.930. The van der Waals surface area contributed by atoms with Gasteiger partial charge in [-0.3, -0.25) is 5.01 Å². The van der Waals surface area contributed by atoms with E-state index in [0.717, 1.165) is 30.7 Å². The first-order valence-electron chi connectivity index (χ1n) is 8.36. The molecule has 0 unspecified atom stereocenters. The molecule has 5 heteroatoms. The number of hydrogen-bond acceptors (Lipinski definition) is 4. The Kier molecular flexibility index (Phi) is 9.11. The van der Waals surface area contributed by atoms with Crippen molar-refractivity contribution in [1.82, 2.24) is 5.43 Å². The van der Waals surface area contributed by atoms with Crippen LogP contribution in [0, 0.1) is 0 Å². The van der Waals surface area contributed by atoms with Gasteiger partial charge in [-0.1, -0.05) is 17.7 Å². The summed E-state index contributed by atoms with van der Waals surface area (Å²) in [6.07, 6.45) is 10.9. The number of carboxylic acid groups (broad SMARTS) is 1. The fourth-order valence-electron chi connectivity index (χ4n) is 2.35. The monoisotopic (exact) mass is 344 g/mol. The molecule has 25 heavy (non-hydrogen) atoms. The van der Waals surface area contributed by atoms with Crippen LogP contribution in [-0.2, 0) is 4.74 Å². The van der Waals surface area contributed by atoms with Crippen LogP contribution < -0.4 is 10.4 Å². The molecule has 1 aromatic carbocycles. The van der Waals surface area contributed by atoms with E-state index in [9.17, 15) is 4.79 Å². The number of unbranched alkanes of at least 4 members (excludes halogenated alkanes) is 1. The molecule has 0 aliphatic heterocycles. The number of hydrogen-bond donors (Lipinski definition) is 2. The number of hydrazine groups is 1. The number of ether oxygens (including phenoxy) is 1. The highest BCUT2D eigenvalue weighted by Gasteiger charge is 2.07. The summed E-state index contributed by atoms with van der Waals surface area (Å²) in [5.74, 6) is -0.0491. The Hall–Kier alpha value is -2.53. The number of nitrogens with zero attached hydrogens (tertiary/aromatic N) is 1. The van der Waals surface area contributed by atoms with Gasteiger partial charge in [0.2, 0.25) is 0 Å². The number of carbonyl (C=O) groups is 1. The first-order valence-corrected chi connectivity index (χ1v) is 8.36. The molecule has 0 heterocycles. The molecule has 0 radical (unpaired) electrons. The predicted molar refractivity (Wildman–Crippen MR) is 102 cm³/mol. The standard InChI is InChI=1S/C20H28N2O3/c1-5-9-19(25-4)13-7-6-10-16(2)15-22(21-3)18-12-8-11-17(14-18)20(23)24/h5,8-9,11-15,21H,6-7,10H2,1-4H3,(H,23,24)/b9-5-,16-15+,19-13+. The van der Waals surface area contributed by atoms with E-state index in [0.29, 0.717) is 0 Å². The lowest BCUT2D eigenvalue weighted by molar-refractivity contribution is 0.0697. The van der Waals surface area contributed by atoms with Gasteiger partial charge in [-0.25, -0.2) is 10.2 Å². The predicted octanol–water partition coefficient (Wildman–Crippen LogP) is 4.51. The molecule has 0 amide bonds. The number of allylic oxidation sites excluding steroid dienone is 4. The molecule has 0 bridgehead atoms. The van der Waals surface area contributed by atoms with Gasteiger partial charge < -0.3 is 9.84 Å². The summed E-state index contributed by atoms with van der Waals surface area (Å²) in [5.41, 5.74) is 5.33. The van der Waals surface area contributed by atoms with Crippen molar-refractivity contribution in [3.63, 3.8) is 0 Å². The van der Waals surface area contributed by atoms with Gasteiger partial charge in [0.1, 0.15) is 5.76 Å². The van der Waals surface area contributed by atoms with Crippen LogP contribution in [0.3, 0.4) is 0 Å². The third-order valence-corrected chi connectivity index (χ3v) is 3.65. The van der Waals surface area contributed by atoms with Gasteiger partial charge in [0.05, 0.1) is 18.4 Å². The Morgan fingerprint density at radius 2 is 2.16 bits per heavy atom. The van der Waals surface area contributed by atoms with Crippen LogP contribution in [0.5, 0.6) is 0 Å². The minimum Gasteiger partial charge on any atom is -0.497 e. The van der Waals surface area contributed by atoms with Crippen molar-refractivity contribution >= 4 is 11.7 Å². The fourth-order valence-corrected chi connectivity index (χ4v) is 2.35. The summed E-state index contributed by atoms with van der Waals surface area (Å²) in [6.45, 7) is 4.03. The van der Waals surface area contributed by atoms with Gasteiger partial charge in [0.25, 0.3) is 0 Å². The molecule has 0 saturated heterocycles. The number of benzene rings is 1. The van der Waals surface area contributed by atoms with Crippen LogP contribution in [0.25, 0.3) is 0 Å². The van der Waals surface area contributed by atoms with Gasteiger partial charge >= 0.3 is 5.97 Å². The summed E-state index contributed by atoms with van der Waals surface area (Å²) in [5, 5.41) is 10.9. The maximum atomic E-state index is 11.1. The van der Waals surface area contributed by atoms with Gasteiger partial charge in [-0.15, -0.1) is 0 Å². The molecular formula is C20H28N2O3. The number of aromatic carboxylic acids is 1. The first kappa shape index (κ1) is 20.5. The van der Waals surface area contributed by atoms with E-state index in [2.05, 4.69) is 18.4 Å². The Labute approximate surface area is 150 Å². The summed E-state index contributed by atoms with van der Waals surface area (Å²) < 4.78 is 5.26. The van der Waals surface area contributed by atoms with Crippen molar-refractivity contribution < 1.29 is 14.6 Å². The molecule has 0 fully saturated rings. The van der Waals surface area contributed by atoms with Crippen molar-refractivity contribution in [1.29, 1.82) is 0 Å². The van der Waals surface area contributed by atoms with Crippen molar-refractivity contribution in [2.75, 3.05) is 19.2 Å². The quantitative estimate of drug-likeness (QED) is 0.283. The molecule has 2 N–H and O–H groups in total. The van der Waals surface area contributed by atoms with E-state index in [1.54, 1.807) is 25.3 Å². The Bertz CT molecular complexity index is 648. The van der Waals surface area contributed by atoms with Crippen LogP contribution in [0.15, 0.2) is 60.0 Å². The molecule has 0 aromatic heterocycles. The molecule has 0 aliphatic carbocycles. The van der Waals surface area contributed by atoms with Crippen molar-refractivity contribution in [2.45, 2.75) is 33.1 Å². The largest absolute Gasteiger partial charge is 0.497 e. The smallest absolute Gasteiger partial charge is 0.335 e. The zero-order valence-electron chi connectivity index (χ0n) is 15.5. The number of methoxy groups -OCH3 is 1. The second-order valence-corrected chi connectivity index (χ2v) is 5.63. The molecule has 0 spiro atoms. The second-order valence-electron chi connectivity index (χ2n) is 5.63. The van der Waals surface area contributed by atoms with Gasteiger partial charge in [0, 0.05) is 13.2 Å². The maximum Gasteiger partial charge on any atom is 0.335 e. The van der Waals surface area contributed by atoms with Crippen LogP contribution in [-0.4, -0.2) is 25.2 Å². The third kappa shape index (κ3) is 7.27. The normalized spacial score (nSPS) is 12.5. The Balaban J connectivity index is 2.69. The van der Waals surface area contributed by atoms with E-state index in [1.807, 2.05) is 43.4 Å². The zero-order chi connectivity index (χ0) is 18.7. The highest BCUT2D eigenvalue weighted by molar-refractivity contribution is 5.88. The number of carboxylic acids is 1. The zero-order valence-corrected chi connectivity index (χ0v) is 15.5. The van der Waals surface area contributed by atoms with Crippen molar-refractivity contribution in [2.24, 2.45) is 0 Å². The number of rotatable bonds is 10. The number of anilines is 1. The number of nitrogens with one attached hydrogen (secondary N) is 1. The highest BCUT2D eigenvalue weighted by Crippen LogP contribution is 2.17. The average Bonchev–Trinajstić information content (AvgIpc) is 2.62. The second kappa shape index (κ2) is 11.1. The van der Waals surface area contributed by atoms with E-state index in [-0.39, 0.29) is 5.56 Å². The molecular weight excluding hydrogens is 316 g/mol. The summed E-state index contributed by atoms with van der Waals surface area (Å²) >= 11 is 0. The lowest BCUT2D eigenvalue weighted by Gasteiger charge is -2.20. The molecule has 5 nitrogen and oxygen atoms in total. The lowest BCUT2D eigenvalue weighted by Crippen LogP contribution is -2.30. The molecule has 0 saturated carbocycles.